The number of nitrogens with zero attached hydrogens (tertiary/aromatic N) is 3. The molecule has 0 radical (unpaired) electrons. The third-order valence-electron chi connectivity index (χ3n) is 4.56. The van der Waals surface area contributed by atoms with Gasteiger partial charge in [0, 0.05) is 11.9 Å². The quantitative estimate of drug-likeness (QED) is 0.450. The van der Waals surface area contributed by atoms with Crippen LogP contribution < -0.4 is 5.32 Å². The summed E-state index contributed by atoms with van der Waals surface area (Å²) < 4.78 is 12.3. The smallest absolute Gasteiger partial charge is 0.341 e. The summed E-state index contributed by atoms with van der Waals surface area (Å²) in [7, 11) is 1.82. The number of carbonyl (C=O) groups excluding carboxylic acids is 2. The number of ether oxygens (including phenoxy) is 1. The molecule has 29 heavy (non-hydrogen) atoms. The summed E-state index contributed by atoms with van der Waals surface area (Å²) in [6.45, 7) is 2.08. The van der Waals surface area contributed by atoms with Gasteiger partial charge in [-0.05, 0) is 43.9 Å². The van der Waals surface area contributed by atoms with Crippen LogP contribution in [0.15, 0.2) is 28.0 Å². The Bertz CT molecular complexity index is 1040. The van der Waals surface area contributed by atoms with Crippen LogP contribution in [0.1, 0.15) is 34.1 Å². The van der Waals surface area contributed by atoms with E-state index in [0.29, 0.717) is 33.9 Å². The minimum absolute atomic E-state index is 0.148. The summed E-state index contributed by atoms with van der Waals surface area (Å²) in [5, 5.41) is 12.3. The second-order valence-corrected chi connectivity index (χ2v) is 8.51. The molecule has 10 heteroatoms. The van der Waals surface area contributed by atoms with Crippen LogP contribution in [0.3, 0.4) is 0 Å². The van der Waals surface area contributed by atoms with Crippen molar-refractivity contribution in [1.82, 2.24) is 14.8 Å². The molecule has 1 N–H and O–H groups in total. The van der Waals surface area contributed by atoms with E-state index in [1.54, 1.807) is 29.9 Å². The first-order valence-electron chi connectivity index (χ1n) is 9.26. The number of esters is 1. The molecule has 1 amide bonds. The van der Waals surface area contributed by atoms with E-state index in [0.717, 1.165) is 29.7 Å². The van der Waals surface area contributed by atoms with Gasteiger partial charge in [0.25, 0.3) is 0 Å². The third kappa shape index (κ3) is 3.95. The van der Waals surface area contributed by atoms with Crippen molar-refractivity contribution in [3.63, 3.8) is 0 Å². The number of nitrogens with one attached hydrogen (secondary N) is 1. The highest BCUT2D eigenvalue weighted by Gasteiger charge is 2.28. The van der Waals surface area contributed by atoms with Crippen LogP contribution in [0.5, 0.6) is 0 Å². The van der Waals surface area contributed by atoms with Crippen molar-refractivity contribution in [2.75, 3.05) is 17.7 Å². The van der Waals surface area contributed by atoms with Crippen molar-refractivity contribution in [3.05, 3.63) is 34.4 Å². The number of hydrogen-bond acceptors (Lipinski definition) is 8. The zero-order chi connectivity index (χ0) is 20.4. The predicted octanol–water partition coefficient (Wildman–Crippen LogP) is 3.53. The van der Waals surface area contributed by atoms with Crippen molar-refractivity contribution >= 4 is 40.0 Å². The SMILES string of the molecule is CCOC(=O)c1c(NC(=O)CSc2nnc(-c3ccco3)n2C)sc2c1CCC2. The first-order valence-corrected chi connectivity index (χ1v) is 11.1. The zero-order valence-electron chi connectivity index (χ0n) is 16.1. The largest absolute Gasteiger partial charge is 0.462 e. The highest BCUT2D eigenvalue weighted by molar-refractivity contribution is 7.99. The number of thiophene rings is 1. The number of amides is 1. The van der Waals surface area contributed by atoms with Crippen molar-refractivity contribution in [3.8, 4) is 11.6 Å². The van der Waals surface area contributed by atoms with Gasteiger partial charge in [-0.3, -0.25) is 4.79 Å². The highest BCUT2D eigenvalue weighted by atomic mass is 32.2. The minimum atomic E-state index is -0.369. The van der Waals surface area contributed by atoms with Crippen LogP contribution in [0.25, 0.3) is 11.6 Å². The molecular formula is C19H20N4O4S2. The number of thioether (sulfide) groups is 1. The molecule has 0 bridgehead atoms. The van der Waals surface area contributed by atoms with Crippen LogP contribution in [0.2, 0.25) is 0 Å². The van der Waals surface area contributed by atoms with Gasteiger partial charge >= 0.3 is 5.97 Å². The number of anilines is 1. The minimum Gasteiger partial charge on any atom is -0.462 e. The van der Waals surface area contributed by atoms with E-state index in [1.165, 1.54) is 23.1 Å². The van der Waals surface area contributed by atoms with Crippen LogP contribution >= 0.6 is 23.1 Å². The maximum atomic E-state index is 12.5. The number of rotatable bonds is 7. The first-order chi connectivity index (χ1) is 14.1. The van der Waals surface area contributed by atoms with E-state index in [4.69, 9.17) is 9.15 Å². The van der Waals surface area contributed by atoms with Crippen LogP contribution in [0, 0.1) is 0 Å². The Morgan fingerprint density at radius 2 is 2.24 bits per heavy atom. The van der Waals surface area contributed by atoms with Crippen molar-refractivity contribution < 1.29 is 18.7 Å². The van der Waals surface area contributed by atoms with Gasteiger partial charge in [0.05, 0.1) is 24.2 Å². The molecule has 3 aromatic rings. The maximum Gasteiger partial charge on any atom is 0.341 e. The van der Waals surface area contributed by atoms with Gasteiger partial charge in [-0.2, -0.15) is 0 Å². The van der Waals surface area contributed by atoms with E-state index in [2.05, 4.69) is 15.5 Å². The lowest BCUT2D eigenvalue weighted by atomic mass is 10.1. The fraction of sp³-hybridized carbons (Fsp3) is 0.368. The molecule has 0 saturated carbocycles. The Morgan fingerprint density at radius 1 is 1.38 bits per heavy atom. The molecule has 3 heterocycles. The Labute approximate surface area is 175 Å². The van der Waals surface area contributed by atoms with E-state index in [9.17, 15) is 9.59 Å². The normalized spacial score (nSPS) is 12.8. The number of furan rings is 1. The molecule has 3 aromatic heterocycles. The van der Waals surface area contributed by atoms with Gasteiger partial charge in [0.2, 0.25) is 5.91 Å². The molecule has 0 unspecified atom stereocenters. The molecular weight excluding hydrogens is 412 g/mol. The molecule has 0 aromatic carbocycles. The third-order valence-corrected chi connectivity index (χ3v) is 6.79. The van der Waals surface area contributed by atoms with Gasteiger partial charge in [-0.25, -0.2) is 4.79 Å². The molecule has 1 aliphatic carbocycles. The highest BCUT2D eigenvalue weighted by Crippen LogP contribution is 2.39. The molecule has 4 rings (SSSR count). The number of aryl methyl sites for hydroxylation is 1. The van der Waals surface area contributed by atoms with Crippen LogP contribution in [-0.2, 0) is 29.4 Å². The molecule has 0 aliphatic heterocycles. The van der Waals surface area contributed by atoms with E-state index < -0.39 is 0 Å². The Hall–Kier alpha value is -2.59. The fourth-order valence-electron chi connectivity index (χ4n) is 3.27. The summed E-state index contributed by atoms with van der Waals surface area (Å²) in [6, 6.07) is 3.59. The number of hydrogen-bond donors (Lipinski definition) is 1. The monoisotopic (exact) mass is 432 g/mol. The molecule has 0 spiro atoms. The van der Waals surface area contributed by atoms with Gasteiger partial charge in [0.1, 0.15) is 5.00 Å². The van der Waals surface area contributed by atoms with Crippen molar-refractivity contribution in [2.24, 2.45) is 7.05 Å². The predicted molar refractivity (Wildman–Crippen MR) is 110 cm³/mol. The van der Waals surface area contributed by atoms with Gasteiger partial charge in [-0.15, -0.1) is 21.5 Å². The first kappa shape index (κ1) is 19.7. The van der Waals surface area contributed by atoms with E-state index in [1.807, 2.05) is 7.05 Å². The van der Waals surface area contributed by atoms with E-state index >= 15 is 0 Å². The van der Waals surface area contributed by atoms with Gasteiger partial charge in [-0.1, -0.05) is 11.8 Å². The molecule has 152 valence electrons. The summed E-state index contributed by atoms with van der Waals surface area (Å²) in [5.74, 6) is 0.782. The lowest BCUT2D eigenvalue weighted by Gasteiger charge is -2.08. The topological polar surface area (TPSA) is 99.2 Å². The van der Waals surface area contributed by atoms with Gasteiger partial charge in [0.15, 0.2) is 16.7 Å². The Kier molecular flexibility index (Phi) is 5.72. The second kappa shape index (κ2) is 8.42. The average Bonchev–Trinajstić information content (AvgIpc) is 3.44. The van der Waals surface area contributed by atoms with Crippen LogP contribution in [0.4, 0.5) is 5.00 Å². The average molecular weight is 433 g/mol. The zero-order valence-corrected chi connectivity index (χ0v) is 17.7. The maximum absolute atomic E-state index is 12.5. The number of aromatic nitrogens is 3. The molecule has 0 saturated heterocycles. The fourth-order valence-corrected chi connectivity index (χ4v) is 5.27. The van der Waals surface area contributed by atoms with Crippen molar-refractivity contribution in [1.29, 1.82) is 0 Å². The Balaban J connectivity index is 1.44. The summed E-state index contributed by atoms with van der Waals surface area (Å²) in [6.07, 6.45) is 4.39. The summed E-state index contributed by atoms with van der Waals surface area (Å²) in [4.78, 5) is 26.1. The molecule has 0 atom stereocenters. The molecule has 8 nitrogen and oxygen atoms in total. The lowest BCUT2D eigenvalue weighted by molar-refractivity contribution is -0.113. The molecule has 0 fully saturated rings. The lowest BCUT2D eigenvalue weighted by Crippen LogP contribution is -2.17. The molecule has 1 aliphatic rings. The Morgan fingerprint density at radius 3 is 3.00 bits per heavy atom. The summed E-state index contributed by atoms with van der Waals surface area (Å²) in [5.41, 5.74) is 1.54. The van der Waals surface area contributed by atoms with Crippen molar-refractivity contribution in [2.45, 2.75) is 31.3 Å². The summed E-state index contributed by atoms with van der Waals surface area (Å²) >= 11 is 2.74. The van der Waals surface area contributed by atoms with Crippen LogP contribution in [-0.4, -0.2) is 39.0 Å². The standard InChI is InChI=1S/C19H20N4O4S2/c1-3-26-18(25)15-11-6-4-8-13(11)29-17(15)20-14(24)10-28-19-22-21-16(23(19)2)12-7-5-9-27-12/h5,7,9H,3-4,6,8,10H2,1-2H3,(H,20,24). The number of fused-ring (bicyclic) bond motifs is 1. The van der Waals surface area contributed by atoms with Gasteiger partial charge < -0.3 is 19.0 Å². The number of carbonyl (C=O) groups is 2. The van der Waals surface area contributed by atoms with E-state index in [-0.39, 0.29) is 17.6 Å². The second-order valence-electron chi connectivity index (χ2n) is 6.46.